The number of methoxy groups -OCH3 is 1. The minimum atomic E-state index is 0.347. The van der Waals surface area contributed by atoms with E-state index in [-0.39, 0.29) is 0 Å². The van der Waals surface area contributed by atoms with Gasteiger partial charge in [-0.05, 0) is 52.4 Å². The smallest absolute Gasteiger partial charge is 0.137 e. The van der Waals surface area contributed by atoms with E-state index in [1.165, 1.54) is 12.8 Å². The van der Waals surface area contributed by atoms with Crippen molar-refractivity contribution < 1.29 is 9.53 Å². The number of hydrogen-bond donors (Lipinski definition) is 0. The highest BCUT2D eigenvalue weighted by atomic mass is 79.9. The second kappa shape index (κ2) is 5.00. The van der Waals surface area contributed by atoms with E-state index in [9.17, 15) is 4.79 Å². The molecule has 0 aliphatic heterocycles. The summed E-state index contributed by atoms with van der Waals surface area (Å²) in [6.07, 6.45) is 3.76. The van der Waals surface area contributed by atoms with Gasteiger partial charge >= 0.3 is 0 Å². The lowest BCUT2D eigenvalue weighted by Gasteiger charge is -2.05. The quantitative estimate of drug-likeness (QED) is 0.828. The van der Waals surface area contributed by atoms with E-state index in [0.717, 1.165) is 22.2 Å². The van der Waals surface area contributed by atoms with Gasteiger partial charge in [0.25, 0.3) is 0 Å². The Morgan fingerprint density at radius 2 is 2.25 bits per heavy atom. The lowest BCUT2D eigenvalue weighted by molar-refractivity contribution is -0.118. The van der Waals surface area contributed by atoms with Crippen LogP contribution >= 0.6 is 15.9 Å². The Kier molecular flexibility index (Phi) is 3.64. The normalized spacial score (nSPS) is 14.9. The van der Waals surface area contributed by atoms with Crippen LogP contribution in [0.15, 0.2) is 22.7 Å². The van der Waals surface area contributed by atoms with Gasteiger partial charge in [0.2, 0.25) is 0 Å². The number of ether oxygens (including phenoxy) is 1. The van der Waals surface area contributed by atoms with Gasteiger partial charge in [-0.2, -0.15) is 0 Å². The topological polar surface area (TPSA) is 26.3 Å². The highest BCUT2D eigenvalue weighted by Crippen LogP contribution is 2.33. The summed E-state index contributed by atoms with van der Waals surface area (Å²) in [5, 5.41) is 0. The summed E-state index contributed by atoms with van der Waals surface area (Å²) < 4.78 is 6.06. The molecule has 0 atom stereocenters. The fraction of sp³-hybridized carbons (Fsp3) is 0.462. The molecule has 0 amide bonds. The van der Waals surface area contributed by atoms with Gasteiger partial charge in [0.15, 0.2) is 0 Å². The molecule has 0 unspecified atom stereocenters. The maximum atomic E-state index is 11.7. The van der Waals surface area contributed by atoms with E-state index < -0.39 is 0 Å². The molecule has 16 heavy (non-hydrogen) atoms. The van der Waals surface area contributed by atoms with Crippen molar-refractivity contribution >= 4 is 21.7 Å². The first-order valence-electron chi connectivity index (χ1n) is 5.53. The molecule has 3 heteroatoms. The Bertz CT molecular complexity index is 397. The first kappa shape index (κ1) is 11.6. The molecule has 0 heterocycles. The van der Waals surface area contributed by atoms with Crippen LogP contribution < -0.4 is 4.74 Å². The molecular formula is C13H15BrO2. The molecule has 1 aliphatic carbocycles. The van der Waals surface area contributed by atoms with Crippen LogP contribution in [0.4, 0.5) is 0 Å². The van der Waals surface area contributed by atoms with E-state index in [0.29, 0.717) is 18.1 Å². The van der Waals surface area contributed by atoms with E-state index in [1.807, 2.05) is 18.2 Å². The predicted molar refractivity (Wildman–Crippen MR) is 66.7 cm³/mol. The van der Waals surface area contributed by atoms with Crippen molar-refractivity contribution in [1.29, 1.82) is 0 Å². The summed E-state index contributed by atoms with van der Waals surface area (Å²) in [6, 6.07) is 5.81. The molecule has 2 rings (SSSR count). The third kappa shape index (κ3) is 3.08. The summed E-state index contributed by atoms with van der Waals surface area (Å²) >= 11 is 3.42. The van der Waals surface area contributed by atoms with Gasteiger partial charge in [0.05, 0.1) is 11.6 Å². The van der Waals surface area contributed by atoms with Crippen molar-refractivity contribution in [2.45, 2.75) is 25.7 Å². The summed E-state index contributed by atoms with van der Waals surface area (Å²) in [6.45, 7) is 0. The number of carbonyl (C=O) groups excluding carboxylic acids is 1. The zero-order chi connectivity index (χ0) is 11.5. The van der Waals surface area contributed by atoms with Crippen molar-refractivity contribution in [3.8, 4) is 5.75 Å². The molecule has 86 valence electrons. The molecule has 0 saturated heterocycles. The zero-order valence-electron chi connectivity index (χ0n) is 9.33. The first-order valence-corrected chi connectivity index (χ1v) is 6.32. The lowest BCUT2D eigenvalue weighted by Crippen LogP contribution is -2.03. The van der Waals surface area contributed by atoms with Gasteiger partial charge in [0, 0.05) is 12.8 Å². The predicted octanol–water partition coefficient (Wildman–Crippen LogP) is 3.37. The summed E-state index contributed by atoms with van der Waals surface area (Å²) in [5.41, 5.74) is 1.05. The SMILES string of the molecule is COc1ccc(CC(=O)CC2CC2)cc1Br. The molecule has 0 aromatic heterocycles. The average molecular weight is 283 g/mol. The van der Waals surface area contributed by atoms with Crippen molar-refractivity contribution in [2.75, 3.05) is 7.11 Å². The summed E-state index contributed by atoms with van der Waals surface area (Å²) in [7, 11) is 1.64. The number of ketones is 1. The number of hydrogen-bond acceptors (Lipinski definition) is 2. The Hall–Kier alpha value is -0.830. The number of Topliss-reactive ketones (excluding diaryl/α,β-unsaturated/α-hetero) is 1. The first-order chi connectivity index (χ1) is 7.69. The van der Waals surface area contributed by atoms with Crippen LogP contribution in [0.25, 0.3) is 0 Å². The van der Waals surface area contributed by atoms with Crippen LogP contribution in [-0.2, 0) is 11.2 Å². The van der Waals surface area contributed by atoms with Crippen LogP contribution in [0.2, 0.25) is 0 Å². The maximum Gasteiger partial charge on any atom is 0.137 e. The van der Waals surface area contributed by atoms with Crippen LogP contribution in [0.5, 0.6) is 5.75 Å². The van der Waals surface area contributed by atoms with Gasteiger partial charge < -0.3 is 4.74 Å². The molecule has 0 spiro atoms. The minimum absolute atomic E-state index is 0.347. The third-order valence-electron chi connectivity index (χ3n) is 2.83. The summed E-state index contributed by atoms with van der Waals surface area (Å²) in [4.78, 5) is 11.7. The number of benzene rings is 1. The van der Waals surface area contributed by atoms with Crippen LogP contribution in [0, 0.1) is 5.92 Å². The fourth-order valence-electron chi connectivity index (χ4n) is 1.76. The van der Waals surface area contributed by atoms with Gasteiger partial charge in [-0.15, -0.1) is 0 Å². The van der Waals surface area contributed by atoms with Crippen molar-refractivity contribution in [1.82, 2.24) is 0 Å². The Morgan fingerprint density at radius 1 is 1.50 bits per heavy atom. The Balaban J connectivity index is 1.97. The molecule has 1 aromatic carbocycles. The lowest BCUT2D eigenvalue weighted by atomic mass is 10.1. The fourth-order valence-corrected chi connectivity index (χ4v) is 2.35. The van der Waals surface area contributed by atoms with Gasteiger partial charge in [-0.25, -0.2) is 0 Å². The van der Waals surface area contributed by atoms with Crippen molar-refractivity contribution in [3.05, 3.63) is 28.2 Å². The van der Waals surface area contributed by atoms with E-state index in [1.54, 1.807) is 7.11 Å². The molecule has 1 fully saturated rings. The summed E-state index contributed by atoms with van der Waals surface area (Å²) in [5.74, 6) is 1.83. The second-order valence-electron chi connectivity index (χ2n) is 4.33. The monoisotopic (exact) mass is 282 g/mol. The Morgan fingerprint density at radius 3 is 2.81 bits per heavy atom. The van der Waals surface area contributed by atoms with Crippen molar-refractivity contribution in [2.24, 2.45) is 5.92 Å². The Labute approximate surface area is 104 Å². The zero-order valence-corrected chi connectivity index (χ0v) is 10.9. The van der Waals surface area contributed by atoms with Crippen LogP contribution in [0.1, 0.15) is 24.8 Å². The molecular weight excluding hydrogens is 268 g/mol. The standard InChI is InChI=1S/C13H15BrO2/c1-16-13-5-4-10(8-12(13)14)7-11(15)6-9-2-3-9/h4-5,8-9H,2-3,6-7H2,1H3. The number of rotatable bonds is 5. The molecule has 0 radical (unpaired) electrons. The second-order valence-corrected chi connectivity index (χ2v) is 5.19. The highest BCUT2D eigenvalue weighted by molar-refractivity contribution is 9.10. The van der Waals surface area contributed by atoms with Gasteiger partial charge in [-0.3, -0.25) is 4.79 Å². The maximum absolute atomic E-state index is 11.7. The van der Waals surface area contributed by atoms with E-state index >= 15 is 0 Å². The molecule has 0 bridgehead atoms. The largest absolute Gasteiger partial charge is 0.496 e. The molecule has 1 aromatic rings. The number of halogens is 1. The molecule has 1 saturated carbocycles. The molecule has 0 N–H and O–H groups in total. The van der Waals surface area contributed by atoms with Gasteiger partial charge in [-0.1, -0.05) is 6.07 Å². The van der Waals surface area contributed by atoms with Crippen molar-refractivity contribution in [3.63, 3.8) is 0 Å². The average Bonchev–Trinajstić information content (AvgIpc) is 3.01. The van der Waals surface area contributed by atoms with Gasteiger partial charge in [0.1, 0.15) is 11.5 Å². The minimum Gasteiger partial charge on any atom is -0.496 e. The third-order valence-corrected chi connectivity index (χ3v) is 3.45. The molecule has 1 aliphatic rings. The van der Waals surface area contributed by atoms with Crippen LogP contribution in [-0.4, -0.2) is 12.9 Å². The van der Waals surface area contributed by atoms with E-state index in [4.69, 9.17) is 4.74 Å². The van der Waals surface area contributed by atoms with Crippen LogP contribution in [0.3, 0.4) is 0 Å². The number of carbonyl (C=O) groups is 1. The molecule has 2 nitrogen and oxygen atoms in total. The highest BCUT2D eigenvalue weighted by Gasteiger charge is 2.24. The van der Waals surface area contributed by atoms with E-state index in [2.05, 4.69) is 15.9 Å².